The van der Waals surface area contributed by atoms with Crippen LogP contribution >= 0.6 is 0 Å². The van der Waals surface area contributed by atoms with E-state index in [1.807, 2.05) is 13.0 Å². The van der Waals surface area contributed by atoms with E-state index >= 15 is 0 Å². The number of hydrogen-bond donors (Lipinski definition) is 1. The summed E-state index contributed by atoms with van der Waals surface area (Å²) in [5, 5.41) is 17.5. The lowest BCUT2D eigenvalue weighted by molar-refractivity contribution is -0.00751. The van der Waals surface area contributed by atoms with Crippen molar-refractivity contribution in [2.75, 3.05) is 19.7 Å². The minimum absolute atomic E-state index is 0.118. The van der Waals surface area contributed by atoms with Crippen LogP contribution in [-0.4, -0.2) is 58.2 Å². The number of aromatic amines is 1. The standard InChI is InChI=1S/C16H18N6O4S/c1-10-3-4-12(13-7-11(2)19-26-13)8-15(10)27(23,24)22-5-6-25-14(9-22)16-17-20-21-18-16/h3-4,7-8,14H,5-6,9H2,1-2H3,(H,17,18,20,21). The Morgan fingerprint density at radius 1 is 1.26 bits per heavy atom. The van der Waals surface area contributed by atoms with Crippen LogP contribution in [0.15, 0.2) is 33.7 Å². The van der Waals surface area contributed by atoms with Crippen LogP contribution in [-0.2, 0) is 14.8 Å². The molecule has 1 aliphatic heterocycles. The third-order valence-electron chi connectivity index (χ3n) is 4.40. The van der Waals surface area contributed by atoms with Crippen molar-refractivity contribution < 1.29 is 17.7 Å². The van der Waals surface area contributed by atoms with Crippen molar-refractivity contribution in [3.8, 4) is 11.3 Å². The molecule has 27 heavy (non-hydrogen) atoms. The predicted molar refractivity (Wildman–Crippen MR) is 93.0 cm³/mol. The average molecular weight is 390 g/mol. The number of nitrogens with zero attached hydrogens (tertiary/aromatic N) is 5. The maximum atomic E-state index is 13.3. The van der Waals surface area contributed by atoms with E-state index in [0.717, 1.165) is 5.69 Å². The SMILES string of the molecule is Cc1cc(-c2ccc(C)c(S(=O)(=O)N3CCOC(c4nn[nH]n4)C3)c2)on1. The Morgan fingerprint density at radius 2 is 2.11 bits per heavy atom. The summed E-state index contributed by atoms with van der Waals surface area (Å²) in [6.45, 7) is 4.19. The highest BCUT2D eigenvalue weighted by Gasteiger charge is 2.34. The molecule has 0 aliphatic carbocycles. The first kappa shape index (κ1) is 17.8. The Labute approximate surface area is 155 Å². The lowest BCUT2D eigenvalue weighted by atomic mass is 10.1. The molecule has 1 aliphatic rings. The van der Waals surface area contributed by atoms with Gasteiger partial charge in [-0.05, 0) is 25.5 Å². The molecule has 3 aromatic rings. The Balaban J connectivity index is 1.67. The van der Waals surface area contributed by atoms with Crippen molar-refractivity contribution >= 4 is 10.0 Å². The van der Waals surface area contributed by atoms with E-state index in [-0.39, 0.29) is 24.6 Å². The van der Waals surface area contributed by atoms with E-state index in [0.29, 0.717) is 22.7 Å². The lowest BCUT2D eigenvalue weighted by Gasteiger charge is -2.31. The lowest BCUT2D eigenvalue weighted by Crippen LogP contribution is -2.42. The Bertz CT molecular complexity index is 1050. The van der Waals surface area contributed by atoms with Crippen LogP contribution < -0.4 is 0 Å². The Kier molecular flexibility index (Phi) is 4.50. The van der Waals surface area contributed by atoms with Gasteiger partial charge in [0.2, 0.25) is 15.8 Å². The largest absolute Gasteiger partial charge is 0.367 e. The minimum Gasteiger partial charge on any atom is -0.367 e. The summed E-state index contributed by atoms with van der Waals surface area (Å²) in [7, 11) is -3.74. The van der Waals surface area contributed by atoms with Gasteiger partial charge < -0.3 is 9.26 Å². The molecule has 0 radical (unpaired) electrons. The number of benzene rings is 1. The molecule has 0 saturated carbocycles. The van der Waals surface area contributed by atoms with Gasteiger partial charge in [0.25, 0.3) is 0 Å². The van der Waals surface area contributed by atoms with Gasteiger partial charge in [-0.25, -0.2) is 8.42 Å². The molecule has 1 saturated heterocycles. The quantitative estimate of drug-likeness (QED) is 0.705. The Hall–Kier alpha value is -2.63. The van der Waals surface area contributed by atoms with Crippen molar-refractivity contribution in [1.82, 2.24) is 30.1 Å². The normalized spacial score (nSPS) is 18.7. The molecule has 1 unspecified atom stereocenters. The van der Waals surface area contributed by atoms with E-state index in [2.05, 4.69) is 25.8 Å². The molecule has 1 N–H and O–H groups in total. The van der Waals surface area contributed by atoms with Crippen LogP contribution in [0, 0.1) is 13.8 Å². The van der Waals surface area contributed by atoms with Gasteiger partial charge in [-0.2, -0.15) is 9.52 Å². The van der Waals surface area contributed by atoms with Gasteiger partial charge in [0.05, 0.1) is 17.2 Å². The van der Waals surface area contributed by atoms with Gasteiger partial charge in [0, 0.05) is 24.7 Å². The molecular formula is C16H18N6O4S. The molecule has 0 bridgehead atoms. The van der Waals surface area contributed by atoms with Crippen molar-refractivity contribution in [2.45, 2.75) is 24.8 Å². The molecule has 0 spiro atoms. The number of aryl methyl sites for hydroxylation is 2. The summed E-state index contributed by atoms with van der Waals surface area (Å²) in [5.41, 5.74) is 2.03. The van der Waals surface area contributed by atoms with Gasteiger partial charge in [0.1, 0.15) is 6.10 Å². The summed E-state index contributed by atoms with van der Waals surface area (Å²) in [5.74, 6) is 0.855. The van der Waals surface area contributed by atoms with Crippen LogP contribution in [0.4, 0.5) is 0 Å². The first-order valence-corrected chi connectivity index (χ1v) is 9.78. The van der Waals surface area contributed by atoms with E-state index in [4.69, 9.17) is 9.26 Å². The fourth-order valence-electron chi connectivity index (χ4n) is 2.98. The fraction of sp³-hybridized carbons (Fsp3) is 0.375. The number of rotatable bonds is 4. The van der Waals surface area contributed by atoms with E-state index in [1.54, 1.807) is 25.1 Å². The van der Waals surface area contributed by atoms with Crippen LogP contribution in [0.1, 0.15) is 23.2 Å². The molecular weight excluding hydrogens is 372 g/mol. The monoisotopic (exact) mass is 390 g/mol. The van der Waals surface area contributed by atoms with E-state index in [9.17, 15) is 8.42 Å². The van der Waals surface area contributed by atoms with Gasteiger partial charge in [-0.1, -0.05) is 22.5 Å². The molecule has 10 nitrogen and oxygen atoms in total. The number of sulfonamides is 1. The number of aromatic nitrogens is 5. The summed E-state index contributed by atoms with van der Waals surface area (Å²) in [6, 6.07) is 6.96. The molecule has 3 heterocycles. The molecule has 1 aromatic carbocycles. The molecule has 142 valence electrons. The van der Waals surface area contributed by atoms with Crippen LogP contribution in [0.3, 0.4) is 0 Å². The molecule has 1 atom stereocenters. The topological polar surface area (TPSA) is 127 Å². The highest BCUT2D eigenvalue weighted by Crippen LogP contribution is 2.30. The second kappa shape index (κ2) is 6.83. The van der Waals surface area contributed by atoms with Gasteiger partial charge in [-0.15, -0.1) is 10.2 Å². The fourth-order valence-corrected chi connectivity index (χ4v) is 4.65. The first-order chi connectivity index (χ1) is 12.9. The molecule has 11 heteroatoms. The zero-order valence-electron chi connectivity index (χ0n) is 14.8. The Morgan fingerprint density at radius 3 is 2.81 bits per heavy atom. The first-order valence-electron chi connectivity index (χ1n) is 8.34. The average Bonchev–Trinajstić information content (AvgIpc) is 3.34. The summed E-state index contributed by atoms with van der Waals surface area (Å²) >= 11 is 0. The molecule has 4 rings (SSSR count). The van der Waals surface area contributed by atoms with E-state index < -0.39 is 16.1 Å². The number of nitrogens with one attached hydrogen (secondary N) is 1. The number of ether oxygens (including phenoxy) is 1. The second-order valence-corrected chi connectivity index (χ2v) is 8.21. The maximum Gasteiger partial charge on any atom is 0.243 e. The summed E-state index contributed by atoms with van der Waals surface area (Å²) < 4.78 is 38.8. The predicted octanol–water partition coefficient (Wildman–Crippen LogP) is 1.23. The highest BCUT2D eigenvalue weighted by molar-refractivity contribution is 7.89. The third-order valence-corrected chi connectivity index (χ3v) is 6.40. The maximum absolute atomic E-state index is 13.3. The van der Waals surface area contributed by atoms with Crippen molar-refractivity contribution in [1.29, 1.82) is 0 Å². The van der Waals surface area contributed by atoms with Gasteiger partial charge in [0.15, 0.2) is 5.76 Å². The van der Waals surface area contributed by atoms with Crippen LogP contribution in [0.2, 0.25) is 0 Å². The zero-order valence-corrected chi connectivity index (χ0v) is 15.6. The molecule has 1 fully saturated rings. The third kappa shape index (κ3) is 3.36. The highest BCUT2D eigenvalue weighted by atomic mass is 32.2. The van der Waals surface area contributed by atoms with Gasteiger partial charge in [-0.3, -0.25) is 0 Å². The second-order valence-electron chi connectivity index (χ2n) is 6.31. The number of hydrogen-bond acceptors (Lipinski definition) is 8. The van der Waals surface area contributed by atoms with Crippen molar-refractivity contribution in [3.05, 3.63) is 41.3 Å². The number of tetrazole rings is 1. The zero-order chi connectivity index (χ0) is 19.0. The summed E-state index contributed by atoms with van der Waals surface area (Å²) in [4.78, 5) is 0.225. The summed E-state index contributed by atoms with van der Waals surface area (Å²) in [6.07, 6.45) is -0.562. The van der Waals surface area contributed by atoms with Crippen LogP contribution in [0.5, 0.6) is 0 Å². The smallest absolute Gasteiger partial charge is 0.243 e. The van der Waals surface area contributed by atoms with Gasteiger partial charge >= 0.3 is 0 Å². The number of H-pyrrole nitrogens is 1. The number of morpholine rings is 1. The molecule has 2 aromatic heterocycles. The van der Waals surface area contributed by atoms with Crippen molar-refractivity contribution in [3.63, 3.8) is 0 Å². The molecule has 0 amide bonds. The minimum atomic E-state index is -3.74. The van der Waals surface area contributed by atoms with Crippen molar-refractivity contribution in [2.24, 2.45) is 0 Å². The van der Waals surface area contributed by atoms with E-state index in [1.165, 1.54) is 4.31 Å². The van der Waals surface area contributed by atoms with Crippen LogP contribution in [0.25, 0.3) is 11.3 Å².